The summed E-state index contributed by atoms with van der Waals surface area (Å²) in [5, 5.41) is 4.67. The van der Waals surface area contributed by atoms with E-state index in [9.17, 15) is 0 Å². The number of aromatic nitrogens is 1. The van der Waals surface area contributed by atoms with Gasteiger partial charge in [-0.15, -0.1) is 0 Å². The summed E-state index contributed by atoms with van der Waals surface area (Å²) in [6, 6.07) is 17.2. The van der Waals surface area contributed by atoms with Gasteiger partial charge < -0.3 is 5.32 Å². The number of aryl methyl sites for hydroxylation is 2. The summed E-state index contributed by atoms with van der Waals surface area (Å²) in [7, 11) is 0. The van der Waals surface area contributed by atoms with Crippen molar-refractivity contribution in [3.05, 3.63) is 83.2 Å². The Morgan fingerprint density at radius 2 is 1.89 bits per heavy atom. The molecule has 1 heterocycles. The molecule has 0 aliphatic heterocycles. The molecule has 0 unspecified atom stereocenters. The highest BCUT2D eigenvalue weighted by atomic mass is 14.9. The lowest BCUT2D eigenvalue weighted by Crippen LogP contribution is -2.10. The summed E-state index contributed by atoms with van der Waals surface area (Å²) >= 11 is 0. The van der Waals surface area contributed by atoms with E-state index >= 15 is 0 Å². The van der Waals surface area contributed by atoms with E-state index in [-0.39, 0.29) is 0 Å². The second-order valence-corrected chi connectivity index (χ2v) is 8.63. The van der Waals surface area contributed by atoms with Crippen molar-refractivity contribution in [3.8, 4) is 0 Å². The van der Waals surface area contributed by atoms with Crippen LogP contribution in [0.25, 0.3) is 10.9 Å². The number of fused-ring (bicyclic) bond motifs is 2. The summed E-state index contributed by atoms with van der Waals surface area (Å²) in [6.07, 6.45) is 4.35. The smallest absolute Gasteiger partial charge is 0.0726 e. The summed E-state index contributed by atoms with van der Waals surface area (Å²) in [5.41, 5.74) is 9.18. The first kappa shape index (κ1) is 17.8. The number of nitrogens with one attached hydrogen (secondary N) is 1. The molecule has 1 N–H and O–H groups in total. The van der Waals surface area contributed by atoms with E-state index in [2.05, 4.69) is 79.3 Å². The number of rotatable bonds is 5. The predicted molar refractivity (Wildman–Crippen MR) is 115 cm³/mol. The molecule has 1 aromatic heterocycles. The van der Waals surface area contributed by atoms with Crippen LogP contribution in [0.15, 0.2) is 60.8 Å². The van der Waals surface area contributed by atoms with Crippen LogP contribution in [-0.4, -0.2) is 4.98 Å². The van der Waals surface area contributed by atoms with E-state index in [0.717, 1.165) is 40.8 Å². The van der Waals surface area contributed by atoms with Crippen molar-refractivity contribution < 1.29 is 0 Å². The second-order valence-electron chi connectivity index (χ2n) is 8.63. The number of benzene rings is 2. The molecule has 0 atom stereocenters. The van der Waals surface area contributed by atoms with Crippen LogP contribution < -0.4 is 5.32 Å². The first-order valence-electron chi connectivity index (χ1n) is 9.82. The number of hydrogen-bond donors (Lipinski definition) is 1. The molecule has 3 aromatic rings. The third-order valence-electron chi connectivity index (χ3n) is 5.57. The van der Waals surface area contributed by atoms with E-state index in [0.29, 0.717) is 5.41 Å². The number of nitrogens with zero attached hydrogens (tertiary/aromatic N) is 1. The fourth-order valence-electron chi connectivity index (χ4n) is 4.28. The van der Waals surface area contributed by atoms with Gasteiger partial charge in [0.15, 0.2) is 0 Å². The van der Waals surface area contributed by atoms with Gasteiger partial charge in [-0.05, 0) is 79.0 Å². The fourth-order valence-corrected chi connectivity index (χ4v) is 4.28. The van der Waals surface area contributed by atoms with Crippen molar-refractivity contribution >= 4 is 16.6 Å². The summed E-state index contributed by atoms with van der Waals surface area (Å²) in [5.74, 6) is 0. The van der Waals surface area contributed by atoms with Crippen molar-refractivity contribution in [1.29, 1.82) is 0 Å². The highest BCUT2D eigenvalue weighted by Gasteiger charge is 2.29. The Morgan fingerprint density at radius 3 is 2.74 bits per heavy atom. The quantitative estimate of drug-likeness (QED) is 0.586. The molecule has 0 amide bonds. The summed E-state index contributed by atoms with van der Waals surface area (Å²) in [4.78, 5) is 4.62. The highest BCUT2D eigenvalue weighted by molar-refractivity contribution is 5.92. The van der Waals surface area contributed by atoms with E-state index in [1.54, 1.807) is 5.56 Å². The lowest BCUT2D eigenvalue weighted by Gasteiger charge is -2.16. The van der Waals surface area contributed by atoms with E-state index in [1.165, 1.54) is 24.0 Å². The van der Waals surface area contributed by atoms with Gasteiger partial charge in [-0.25, -0.2) is 0 Å². The minimum atomic E-state index is 0.391. The molecule has 138 valence electrons. The number of allylic oxidation sites excluding steroid dienone is 1. The van der Waals surface area contributed by atoms with Gasteiger partial charge in [-0.3, -0.25) is 4.98 Å². The third kappa shape index (κ3) is 3.75. The van der Waals surface area contributed by atoms with Crippen LogP contribution in [0.1, 0.15) is 42.7 Å². The van der Waals surface area contributed by atoms with E-state index in [4.69, 9.17) is 0 Å². The SMILES string of the molecule is C=C(CCc1cccc2c1CC(C)(C)C2)Nc1cccc2nc(C)ccc12. The Morgan fingerprint density at radius 1 is 1.07 bits per heavy atom. The van der Waals surface area contributed by atoms with Gasteiger partial charge in [0.1, 0.15) is 0 Å². The average molecular weight is 357 g/mol. The van der Waals surface area contributed by atoms with Crippen LogP contribution >= 0.6 is 0 Å². The fraction of sp³-hybridized carbons (Fsp3) is 0.320. The van der Waals surface area contributed by atoms with Crippen LogP contribution in [0.2, 0.25) is 0 Å². The van der Waals surface area contributed by atoms with Gasteiger partial charge in [0.25, 0.3) is 0 Å². The van der Waals surface area contributed by atoms with Crippen LogP contribution in [0.5, 0.6) is 0 Å². The topological polar surface area (TPSA) is 24.9 Å². The maximum absolute atomic E-state index is 4.62. The molecule has 0 fully saturated rings. The molecule has 0 radical (unpaired) electrons. The Balaban J connectivity index is 1.47. The molecular formula is C25H28N2. The molecule has 2 aromatic carbocycles. The van der Waals surface area contributed by atoms with Crippen LogP contribution in [0.3, 0.4) is 0 Å². The first-order valence-corrected chi connectivity index (χ1v) is 9.82. The molecule has 27 heavy (non-hydrogen) atoms. The normalized spacial score (nSPS) is 14.9. The molecule has 0 spiro atoms. The molecule has 2 heteroatoms. The Bertz CT molecular complexity index is 1010. The zero-order valence-electron chi connectivity index (χ0n) is 16.6. The van der Waals surface area contributed by atoms with Gasteiger partial charge in [0, 0.05) is 22.5 Å². The maximum Gasteiger partial charge on any atom is 0.0726 e. The van der Waals surface area contributed by atoms with Gasteiger partial charge >= 0.3 is 0 Å². The monoisotopic (exact) mass is 356 g/mol. The van der Waals surface area contributed by atoms with Crippen molar-refractivity contribution in [2.45, 2.75) is 46.5 Å². The Labute approximate surface area is 162 Å². The molecule has 4 rings (SSSR count). The first-order chi connectivity index (χ1) is 12.9. The molecular weight excluding hydrogens is 328 g/mol. The van der Waals surface area contributed by atoms with Crippen LogP contribution in [0, 0.1) is 12.3 Å². The highest BCUT2D eigenvalue weighted by Crippen LogP contribution is 2.38. The van der Waals surface area contributed by atoms with E-state index < -0.39 is 0 Å². The summed E-state index contributed by atoms with van der Waals surface area (Å²) < 4.78 is 0. The zero-order valence-corrected chi connectivity index (χ0v) is 16.6. The minimum Gasteiger partial charge on any atom is -0.359 e. The van der Waals surface area contributed by atoms with Gasteiger partial charge in [-0.2, -0.15) is 0 Å². The molecule has 1 aliphatic rings. The second kappa shape index (κ2) is 6.84. The molecule has 0 bridgehead atoms. The van der Waals surface area contributed by atoms with Crippen molar-refractivity contribution in [2.75, 3.05) is 5.32 Å². The standard InChI is InChI=1S/C25H28N2/c1-17(26-23-9-6-10-24-21(23)14-12-18(2)27-24)11-13-19-7-5-8-20-15-25(3,4)16-22(19)20/h5-10,12,14,26H,1,11,13,15-16H2,2-4H3. The van der Waals surface area contributed by atoms with Crippen molar-refractivity contribution in [3.63, 3.8) is 0 Å². The number of anilines is 1. The van der Waals surface area contributed by atoms with Gasteiger partial charge in [-0.1, -0.05) is 44.7 Å². The molecule has 2 nitrogen and oxygen atoms in total. The van der Waals surface area contributed by atoms with Gasteiger partial charge in [0.2, 0.25) is 0 Å². The number of pyridine rings is 1. The third-order valence-corrected chi connectivity index (χ3v) is 5.57. The van der Waals surface area contributed by atoms with Crippen LogP contribution in [-0.2, 0) is 19.3 Å². The maximum atomic E-state index is 4.62. The molecule has 0 saturated carbocycles. The molecule has 0 saturated heterocycles. The van der Waals surface area contributed by atoms with Crippen LogP contribution in [0.4, 0.5) is 5.69 Å². The van der Waals surface area contributed by atoms with Gasteiger partial charge in [0.05, 0.1) is 5.52 Å². The zero-order chi connectivity index (χ0) is 19.0. The Hall–Kier alpha value is -2.61. The van der Waals surface area contributed by atoms with Crippen molar-refractivity contribution in [2.24, 2.45) is 5.41 Å². The largest absolute Gasteiger partial charge is 0.359 e. The number of hydrogen-bond acceptors (Lipinski definition) is 2. The lowest BCUT2D eigenvalue weighted by atomic mass is 9.89. The van der Waals surface area contributed by atoms with Crippen molar-refractivity contribution in [1.82, 2.24) is 4.98 Å². The van der Waals surface area contributed by atoms with E-state index in [1.807, 2.05) is 6.92 Å². The Kier molecular flexibility index (Phi) is 4.51. The molecule has 1 aliphatic carbocycles. The average Bonchev–Trinajstić information content (AvgIpc) is 2.94. The lowest BCUT2D eigenvalue weighted by molar-refractivity contribution is 0.392. The summed E-state index contributed by atoms with van der Waals surface area (Å²) in [6.45, 7) is 11.0. The predicted octanol–water partition coefficient (Wildman–Crippen LogP) is 6.23. The minimum absolute atomic E-state index is 0.391.